The van der Waals surface area contributed by atoms with Crippen molar-refractivity contribution in [2.24, 2.45) is 0 Å². The number of fused-ring (bicyclic) bond motifs is 1. The quantitative estimate of drug-likeness (QED) is 0.423. The summed E-state index contributed by atoms with van der Waals surface area (Å²) in [4.78, 5) is 17.6. The van der Waals surface area contributed by atoms with E-state index in [1.54, 1.807) is 13.3 Å². The first-order valence-electron chi connectivity index (χ1n) is 9.36. The molecule has 2 aromatic carbocycles. The summed E-state index contributed by atoms with van der Waals surface area (Å²) in [6, 6.07) is 13.7. The molecule has 29 heavy (non-hydrogen) atoms. The van der Waals surface area contributed by atoms with E-state index in [1.165, 1.54) is 11.3 Å². The molecule has 0 N–H and O–H groups in total. The van der Waals surface area contributed by atoms with Gasteiger partial charge in [0.15, 0.2) is 0 Å². The van der Waals surface area contributed by atoms with E-state index in [0.717, 1.165) is 44.2 Å². The molecule has 0 atom stereocenters. The fourth-order valence-electron chi connectivity index (χ4n) is 3.17. The Morgan fingerprint density at radius 3 is 2.86 bits per heavy atom. The number of esters is 1. The molecule has 148 valence electrons. The molecule has 0 unspecified atom stereocenters. The van der Waals surface area contributed by atoms with Crippen LogP contribution in [0.25, 0.3) is 21.5 Å². The normalized spacial score (nSPS) is 11.0. The Morgan fingerprint density at radius 1 is 1.17 bits per heavy atom. The monoisotopic (exact) mass is 407 g/mol. The van der Waals surface area contributed by atoms with Crippen LogP contribution in [0.3, 0.4) is 0 Å². The summed E-state index contributed by atoms with van der Waals surface area (Å²) in [7, 11) is 1.63. The predicted octanol–water partition coefficient (Wildman–Crippen LogP) is 4.47. The highest BCUT2D eigenvalue weighted by atomic mass is 32.1. The zero-order chi connectivity index (χ0) is 20.2. The van der Waals surface area contributed by atoms with Gasteiger partial charge in [0.2, 0.25) is 0 Å². The third kappa shape index (κ3) is 4.14. The SMILES string of the molecule is CCn1ncc2cc(COC(=O)Cc3cnc(-c4ccccc4OC)s3)ccc21. The molecule has 6 nitrogen and oxygen atoms in total. The summed E-state index contributed by atoms with van der Waals surface area (Å²) >= 11 is 1.47. The maximum Gasteiger partial charge on any atom is 0.311 e. The van der Waals surface area contributed by atoms with Crippen LogP contribution < -0.4 is 4.74 Å². The van der Waals surface area contributed by atoms with E-state index in [1.807, 2.05) is 53.3 Å². The third-order valence-electron chi connectivity index (χ3n) is 4.62. The third-order valence-corrected chi connectivity index (χ3v) is 5.65. The van der Waals surface area contributed by atoms with Gasteiger partial charge in [-0.2, -0.15) is 5.10 Å². The number of carbonyl (C=O) groups is 1. The Labute approximate surface area is 172 Å². The molecular formula is C22H21N3O3S. The highest BCUT2D eigenvalue weighted by Crippen LogP contribution is 2.32. The summed E-state index contributed by atoms with van der Waals surface area (Å²) in [5.74, 6) is 0.488. The molecule has 0 aliphatic carbocycles. The van der Waals surface area contributed by atoms with Gasteiger partial charge in [0, 0.05) is 23.0 Å². The molecule has 0 fully saturated rings. The van der Waals surface area contributed by atoms with Gasteiger partial charge in [-0.25, -0.2) is 4.98 Å². The van der Waals surface area contributed by atoms with E-state index in [0.29, 0.717) is 0 Å². The number of para-hydroxylation sites is 1. The Hall–Kier alpha value is -3.19. The largest absolute Gasteiger partial charge is 0.496 e. The summed E-state index contributed by atoms with van der Waals surface area (Å²) in [5, 5.41) is 6.21. The molecule has 0 bridgehead atoms. The van der Waals surface area contributed by atoms with Gasteiger partial charge < -0.3 is 9.47 Å². The fourth-order valence-corrected chi connectivity index (χ4v) is 4.10. The maximum atomic E-state index is 12.3. The molecule has 0 saturated carbocycles. The number of ether oxygens (including phenoxy) is 2. The zero-order valence-electron chi connectivity index (χ0n) is 16.3. The highest BCUT2D eigenvalue weighted by Gasteiger charge is 2.13. The van der Waals surface area contributed by atoms with Crippen molar-refractivity contribution >= 4 is 28.2 Å². The first-order valence-corrected chi connectivity index (χ1v) is 10.2. The second-order valence-electron chi connectivity index (χ2n) is 6.52. The molecule has 0 aliphatic rings. The molecule has 0 aliphatic heterocycles. The molecule has 0 spiro atoms. The lowest BCUT2D eigenvalue weighted by Gasteiger charge is -2.05. The number of methoxy groups -OCH3 is 1. The summed E-state index contributed by atoms with van der Waals surface area (Å²) in [5.41, 5.74) is 2.94. The summed E-state index contributed by atoms with van der Waals surface area (Å²) in [6.45, 7) is 3.12. The van der Waals surface area contributed by atoms with Crippen LogP contribution in [0.4, 0.5) is 0 Å². The van der Waals surface area contributed by atoms with E-state index in [-0.39, 0.29) is 19.0 Å². The number of hydrogen-bond donors (Lipinski definition) is 0. The van der Waals surface area contributed by atoms with E-state index in [2.05, 4.69) is 17.0 Å². The Kier molecular flexibility index (Phi) is 5.57. The predicted molar refractivity (Wildman–Crippen MR) is 113 cm³/mol. The molecule has 0 saturated heterocycles. The first kappa shape index (κ1) is 19.1. The smallest absolute Gasteiger partial charge is 0.311 e. The van der Waals surface area contributed by atoms with Crippen molar-refractivity contribution in [3.63, 3.8) is 0 Å². The molecule has 0 amide bonds. The van der Waals surface area contributed by atoms with Crippen LogP contribution in [0.5, 0.6) is 5.75 Å². The topological polar surface area (TPSA) is 66.2 Å². The van der Waals surface area contributed by atoms with Gasteiger partial charge in [-0.3, -0.25) is 9.48 Å². The van der Waals surface area contributed by atoms with Crippen LogP contribution in [0, 0.1) is 0 Å². The second kappa shape index (κ2) is 8.45. The van der Waals surface area contributed by atoms with Crippen LogP contribution >= 0.6 is 11.3 Å². The number of nitrogens with zero attached hydrogens (tertiary/aromatic N) is 3. The molecule has 4 aromatic rings. The zero-order valence-corrected chi connectivity index (χ0v) is 17.1. The van der Waals surface area contributed by atoms with Gasteiger partial charge >= 0.3 is 5.97 Å². The molecule has 2 heterocycles. The van der Waals surface area contributed by atoms with Crippen LogP contribution in [-0.2, 0) is 29.1 Å². The number of thiazole rings is 1. The molecule has 0 radical (unpaired) electrons. The minimum absolute atomic E-state index is 0.197. The van der Waals surface area contributed by atoms with Crippen LogP contribution in [0.15, 0.2) is 54.9 Å². The first-order chi connectivity index (χ1) is 14.2. The van der Waals surface area contributed by atoms with Crippen molar-refractivity contribution < 1.29 is 14.3 Å². The summed E-state index contributed by atoms with van der Waals surface area (Å²) < 4.78 is 12.8. The maximum absolute atomic E-state index is 12.3. The Morgan fingerprint density at radius 2 is 2.03 bits per heavy atom. The van der Waals surface area contributed by atoms with Gasteiger partial charge in [-0.05, 0) is 36.8 Å². The number of benzene rings is 2. The van der Waals surface area contributed by atoms with Crippen molar-refractivity contribution in [3.05, 3.63) is 65.3 Å². The van der Waals surface area contributed by atoms with Gasteiger partial charge in [-0.15, -0.1) is 11.3 Å². The van der Waals surface area contributed by atoms with Crippen molar-refractivity contribution in [2.75, 3.05) is 7.11 Å². The molecule has 2 aromatic heterocycles. The summed E-state index contributed by atoms with van der Waals surface area (Å²) in [6.07, 6.45) is 3.75. The standard InChI is InChI=1S/C22H21N3O3S/c1-3-25-19-9-8-15(10-16(19)12-24-25)14-28-21(26)11-17-13-23-22(29-17)18-6-4-5-7-20(18)27-2/h4-10,12-13H,3,11,14H2,1-2H3. The number of carbonyl (C=O) groups excluding carboxylic acids is 1. The van der Waals surface area contributed by atoms with Crippen molar-refractivity contribution in [2.45, 2.75) is 26.5 Å². The average molecular weight is 407 g/mol. The molecule has 7 heteroatoms. The van der Waals surface area contributed by atoms with Crippen molar-refractivity contribution in [1.82, 2.24) is 14.8 Å². The average Bonchev–Trinajstić information content (AvgIpc) is 3.38. The lowest BCUT2D eigenvalue weighted by atomic mass is 10.2. The molecule has 4 rings (SSSR count). The highest BCUT2D eigenvalue weighted by molar-refractivity contribution is 7.15. The van der Waals surface area contributed by atoms with Gasteiger partial charge in [0.1, 0.15) is 17.4 Å². The van der Waals surface area contributed by atoms with Crippen LogP contribution in [-0.4, -0.2) is 27.8 Å². The molecular weight excluding hydrogens is 386 g/mol. The Balaban J connectivity index is 1.38. The number of hydrogen-bond acceptors (Lipinski definition) is 6. The second-order valence-corrected chi connectivity index (χ2v) is 7.64. The van der Waals surface area contributed by atoms with E-state index < -0.39 is 0 Å². The lowest BCUT2D eigenvalue weighted by Crippen LogP contribution is -2.07. The fraction of sp³-hybridized carbons (Fsp3) is 0.227. The van der Waals surface area contributed by atoms with Crippen LogP contribution in [0.2, 0.25) is 0 Å². The van der Waals surface area contributed by atoms with E-state index in [4.69, 9.17) is 9.47 Å². The number of rotatable bonds is 7. The van der Waals surface area contributed by atoms with Crippen molar-refractivity contribution in [1.29, 1.82) is 0 Å². The van der Waals surface area contributed by atoms with Crippen molar-refractivity contribution in [3.8, 4) is 16.3 Å². The number of aryl methyl sites for hydroxylation is 1. The van der Waals surface area contributed by atoms with Crippen LogP contribution in [0.1, 0.15) is 17.4 Å². The van der Waals surface area contributed by atoms with E-state index >= 15 is 0 Å². The van der Waals surface area contributed by atoms with E-state index in [9.17, 15) is 4.79 Å². The van der Waals surface area contributed by atoms with Gasteiger partial charge in [0.25, 0.3) is 0 Å². The minimum Gasteiger partial charge on any atom is -0.496 e. The number of aromatic nitrogens is 3. The lowest BCUT2D eigenvalue weighted by molar-refractivity contribution is -0.144. The van der Waals surface area contributed by atoms with Gasteiger partial charge in [0.05, 0.1) is 30.8 Å². The minimum atomic E-state index is -0.274. The Bertz CT molecular complexity index is 1150. The van der Waals surface area contributed by atoms with Gasteiger partial charge in [-0.1, -0.05) is 18.2 Å².